The van der Waals surface area contributed by atoms with E-state index < -0.39 is 0 Å². The highest BCUT2D eigenvalue weighted by Gasteiger charge is 2.32. The number of hydrogen-bond donors (Lipinski definition) is 0. The molecule has 7 nitrogen and oxygen atoms in total. The van der Waals surface area contributed by atoms with Crippen LogP contribution < -0.4 is 0 Å². The van der Waals surface area contributed by atoms with Crippen molar-refractivity contribution in [3.63, 3.8) is 0 Å². The molecule has 11 aromatic carbocycles. The maximum atomic E-state index is 6.42. The lowest BCUT2D eigenvalue weighted by Gasteiger charge is -2.27. The summed E-state index contributed by atoms with van der Waals surface area (Å²) in [5, 5.41) is 9.19. The third-order valence-electron chi connectivity index (χ3n) is 16.6. The topological polar surface area (TPSA) is 58.4 Å². The number of aromatic nitrogens is 7. The Labute approximate surface area is 471 Å². The van der Waals surface area contributed by atoms with Gasteiger partial charge in [0.15, 0.2) is 17.5 Å². The van der Waals surface area contributed by atoms with Crippen LogP contribution in [0.15, 0.2) is 285 Å². The van der Waals surface area contributed by atoms with Crippen molar-refractivity contribution in [2.75, 3.05) is 0 Å². The summed E-state index contributed by atoms with van der Waals surface area (Å²) in [6.45, 7) is 0. The highest BCUT2D eigenvalue weighted by atomic mass is 15.2. The average Bonchev–Trinajstić information content (AvgIpc) is 4.44. The van der Waals surface area contributed by atoms with Crippen LogP contribution in [-0.4, -0.2) is 33.2 Å². The molecule has 17 rings (SSSR count). The lowest BCUT2D eigenvalue weighted by atomic mass is 9.97. The van der Waals surface area contributed by atoms with Crippen molar-refractivity contribution < 1.29 is 0 Å². The molecule has 82 heavy (non-hydrogen) atoms. The molecule has 0 fully saturated rings. The number of rotatable bonds is 8. The zero-order valence-corrected chi connectivity index (χ0v) is 44.3. The van der Waals surface area contributed by atoms with Gasteiger partial charge in [-0.25, -0.2) is 15.0 Å². The molecule has 6 heterocycles. The Balaban J connectivity index is 1.13. The van der Waals surface area contributed by atoms with E-state index in [-0.39, 0.29) is 0 Å². The van der Waals surface area contributed by atoms with E-state index in [4.69, 9.17) is 15.0 Å². The minimum absolute atomic E-state index is 0.658. The fraction of sp³-hybridized carbons (Fsp3) is 0. The summed E-state index contributed by atoms with van der Waals surface area (Å²) in [7, 11) is 0. The van der Waals surface area contributed by atoms with Crippen molar-refractivity contribution >= 4 is 87.2 Å². The fourth-order valence-corrected chi connectivity index (χ4v) is 13.1. The molecule has 0 amide bonds. The molecule has 0 saturated carbocycles. The third-order valence-corrected chi connectivity index (χ3v) is 16.6. The van der Waals surface area contributed by atoms with Crippen LogP contribution in [0.2, 0.25) is 0 Å². The quantitative estimate of drug-likeness (QED) is 0.152. The summed E-state index contributed by atoms with van der Waals surface area (Å²) in [6.07, 6.45) is 0. The van der Waals surface area contributed by atoms with E-state index in [1.54, 1.807) is 0 Å². The van der Waals surface area contributed by atoms with Crippen LogP contribution >= 0.6 is 0 Å². The molecule has 0 spiro atoms. The van der Waals surface area contributed by atoms with Gasteiger partial charge in [-0.05, 0) is 66.2 Å². The normalized spacial score (nSPS) is 11.9. The molecule has 0 bridgehead atoms. The van der Waals surface area contributed by atoms with Crippen LogP contribution in [0.4, 0.5) is 0 Å². The minimum Gasteiger partial charge on any atom is -0.305 e. The molecule has 382 valence electrons. The third kappa shape index (κ3) is 6.87. The Kier molecular flexibility index (Phi) is 10.2. The second-order valence-electron chi connectivity index (χ2n) is 21.1. The van der Waals surface area contributed by atoms with Gasteiger partial charge in [0.1, 0.15) is 11.4 Å². The Morgan fingerprint density at radius 3 is 0.854 bits per heavy atom. The van der Waals surface area contributed by atoms with Gasteiger partial charge in [0.2, 0.25) is 0 Å². The van der Waals surface area contributed by atoms with Crippen molar-refractivity contribution in [1.82, 2.24) is 33.2 Å². The van der Waals surface area contributed by atoms with Crippen LogP contribution in [0.25, 0.3) is 155 Å². The van der Waals surface area contributed by atoms with Gasteiger partial charge in [0, 0.05) is 65.3 Å². The highest BCUT2D eigenvalue weighted by molar-refractivity contribution is 6.16. The van der Waals surface area contributed by atoms with E-state index >= 15 is 0 Å². The molecule has 0 aliphatic carbocycles. The van der Waals surface area contributed by atoms with Crippen LogP contribution in [0.5, 0.6) is 0 Å². The van der Waals surface area contributed by atoms with Crippen LogP contribution in [0, 0.1) is 0 Å². The molecular formula is C75H47N7. The largest absolute Gasteiger partial charge is 0.305 e. The lowest BCUT2D eigenvalue weighted by molar-refractivity contribution is 0.961. The summed E-state index contributed by atoms with van der Waals surface area (Å²) in [4.78, 5) is 17.1. The first-order chi connectivity index (χ1) is 40.7. The Morgan fingerprint density at radius 1 is 0.207 bits per heavy atom. The van der Waals surface area contributed by atoms with Crippen molar-refractivity contribution in [3.05, 3.63) is 285 Å². The van der Waals surface area contributed by atoms with Gasteiger partial charge in [0.05, 0.1) is 55.5 Å². The van der Waals surface area contributed by atoms with Crippen LogP contribution in [-0.2, 0) is 0 Å². The Morgan fingerprint density at radius 2 is 0.488 bits per heavy atom. The number of para-hydroxylation sites is 8. The molecule has 0 aliphatic heterocycles. The Bertz CT molecular complexity index is 4890. The monoisotopic (exact) mass is 1050 g/mol. The predicted molar refractivity (Wildman–Crippen MR) is 339 cm³/mol. The molecule has 0 radical (unpaired) electrons. The molecule has 0 atom stereocenters. The van der Waals surface area contributed by atoms with E-state index in [0.717, 1.165) is 149 Å². The maximum Gasteiger partial charge on any atom is 0.165 e. The SMILES string of the molecule is c1ccc(-c2cc(-c3cccc(-c4c(-n5c6ccccc6c6ccccc65)c(-n5c6ccccc6c6ccccc65)nc(-n5c6ccccc6c6ccccc65)c4-n4c5ccccc5c5ccccc54)c3)nc(-c3ccccc3)n2)cc1. The fourth-order valence-electron chi connectivity index (χ4n) is 13.1. The van der Waals surface area contributed by atoms with Crippen LogP contribution in [0.1, 0.15) is 0 Å². The average molecular weight is 1050 g/mol. The molecular weight excluding hydrogens is 999 g/mol. The molecule has 0 saturated heterocycles. The van der Waals surface area contributed by atoms with Crippen molar-refractivity contribution in [1.29, 1.82) is 0 Å². The maximum absolute atomic E-state index is 6.42. The van der Waals surface area contributed by atoms with E-state index in [9.17, 15) is 0 Å². The molecule has 0 N–H and O–H groups in total. The summed E-state index contributed by atoms with van der Waals surface area (Å²) in [5.41, 5.74) is 16.9. The molecule has 7 heteroatoms. The van der Waals surface area contributed by atoms with E-state index in [1.165, 1.54) is 0 Å². The van der Waals surface area contributed by atoms with E-state index in [2.05, 4.69) is 279 Å². The molecule has 17 aromatic rings. The molecule has 0 unspecified atom stereocenters. The van der Waals surface area contributed by atoms with Gasteiger partial charge in [-0.1, -0.05) is 224 Å². The first-order valence-electron chi connectivity index (χ1n) is 27.9. The molecule has 6 aromatic heterocycles. The van der Waals surface area contributed by atoms with Gasteiger partial charge >= 0.3 is 0 Å². The number of pyridine rings is 1. The van der Waals surface area contributed by atoms with E-state index in [1.807, 2.05) is 24.3 Å². The second-order valence-corrected chi connectivity index (χ2v) is 21.1. The molecule has 0 aliphatic rings. The van der Waals surface area contributed by atoms with Gasteiger partial charge in [-0.15, -0.1) is 0 Å². The first kappa shape index (κ1) is 45.8. The van der Waals surface area contributed by atoms with E-state index in [0.29, 0.717) is 5.82 Å². The van der Waals surface area contributed by atoms with Crippen molar-refractivity contribution in [2.24, 2.45) is 0 Å². The number of nitrogens with zero attached hydrogens (tertiary/aromatic N) is 7. The lowest BCUT2D eigenvalue weighted by Crippen LogP contribution is -2.16. The second kappa shape index (κ2) is 18.2. The van der Waals surface area contributed by atoms with Gasteiger partial charge in [-0.3, -0.25) is 9.13 Å². The Hall–Kier alpha value is -11.2. The van der Waals surface area contributed by atoms with Crippen molar-refractivity contribution in [3.8, 4) is 68.0 Å². The minimum atomic E-state index is 0.658. The summed E-state index contributed by atoms with van der Waals surface area (Å²) >= 11 is 0. The summed E-state index contributed by atoms with van der Waals surface area (Å²) in [6, 6.07) is 102. The van der Waals surface area contributed by atoms with Gasteiger partial charge in [-0.2, -0.15) is 0 Å². The number of hydrogen-bond acceptors (Lipinski definition) is 3. The van der Waals surface area contributed by atoms with Crippen molar-refractivity contribution in [2.45, 2.75) is 0 Å². The van der Waals surface area contributed by atoms with Gasteiger partial charge < -0.3 is 9.13 Å². The zero-order valence-electron chi connectivity index (χ0n) is 44.3. The summed E-state index contributed by atoms with van der Waals surface area (Å²) < 4.78 is 9.84. The standard InChI is InChI=1S/C75H47N7/c1-3-24-48(25-4-1)60-47-61(77-73(76-60)49-26-5-2-6-27-49)50-28-23-29-51(46-50)70-71(79-62-38-15-7-30-52(62)53-31-8-16-39-63(53)79)74(81-66-42-19-11-34-56(66)57-35-12-20-43-67(57)81)78-75(82-68-44-21-13-36-58(68)59-37-14-22-45-69(59)82)72(70)80-64-40-17-9-32-54(64)55-33-10-18-41-65(55)80/h1-47H. The smallest absolute Gasteiger partial charge is 0.165 e. The highest BCUT2D eigenvalue weighted by Crippen LogP contribution is 2.49. The zero-order chi connectivity index (χ0) is 53.8. The van der Waals surface area contributed by atoms with Crippen LogP contribution in [0.3, 0.4) is 0 Å². The van der Waals surface area contributed by atoms with Gasteiger partial charge in [0.25, 0.3) is 0 Å². The number of benzene rings is 11. The summed E-state index contributed by atoms with van der Waals surface area (Å²) in [5.74, 6) is 2.22. The number of fused-ring (bicyclic) bond motifs is 12. The predicted octanol–water partition coefficient (Wildman–Crippen LogP) is 18.9. The first-order valence-corrected chi connectivity index (χ1v) is 27.9.